The first-order chi connectivity index (χ1) is 11.1. The summed E-state index contributed by atoms with van der Waals surface area (Å²) in [5.41, 5.74) is 2.20. The van der Waals surface area contributed by atoms with Crippen molar-refractivity contribution in [1.29, 1.82) is 5.26 Å². The van der Waals surface area contributed by atoms with Crippen LogP contribution < -0.4 is 10.2 Å². The van der Waals surface area contributed by atoms with Crippen molar-refractivity contribution in [3.05, 3.63) is 36.0 Å². The number of nitrogens with zero attached hydrogens (tertiary/aromatic N) is 3. The summed E-state index contributed by atoms with van der Waals surface area (Å²) in [5.74, 6) is -0.127. The molecule has 1 aromatic heterocycles. The Kier molecular flexibility index (Phi) is 4.13. The van der Waals surface area contributed by atoms with Gasteiger partial charge in [-0.1, -0.05) is 0 Å². The second-order valence-corrected chi connectivity index (χ2v) is 5.60. The van der Waals surface area contributed by atoms with Crippen LogP contribution in [0.5, 0.6) is 0 Å². The van der Waals surface area contributed by atoms with Gasteiger partial charge in [0.05, 0.1) is 23.7 Å². The number of pyridine rings is 1. The lowest BCUT2D eigenvalue weighted by Gasteiger charge is -2.37. The van der Waals surface area contributed by atoms with E-state index in [1.165, 1.54) is 0 Å². The normalized spacial score (nSPS) is 21.0. The number of nitrogens with one attached hydrogen (secondary N) is 1. The molecule has 0 aliphatic carbocycles. The minimum atomic E-state index is -0.508. The highest BCUT2D eigenvalue weighted by Gasteiger charge is 2.30. The molecule has 6 nitrogen and oxygen atoms in total. The monoisotopic (exact) mass is 310 g/mol. The molecule has 0 bridgehead atoms. The Balaban J connectivity index is 2.03. The number of carbonyl (C=O) groups excluding carboxylic acids is 1. The number of hydrogen-bond acceptors (Lipinski definition) is 5. The molecule has 1 saturated heterocycles. The van der Waals surface area contributed by atoms with Crippen LogP contribution in [-0.2, 0) is 9.53 Å². The van der Waals surface area contributed by atoms with E-state index in [-0.39, 0.29) is 12.0 Å². The van der Waals surface area contributed by atoms with Crippen molar-refractivity contribution in [2.75, 3.05) is 25.0 Å². The number of nitriles is 1. The van der Waals surface area contributed by atoms with Crippen molar-refractivity contribution < 1.29 is 9.53 Å². The Hall–Kier alpha value is -2.65. The second kappa shape index (κ2) is 6.23. The Morgan fingerprint density at radius 3 is 3.00 bits per heavy atom. The standard InChI is InChI=1S/C17H18N4O2/c1-11-9-21(10-15(23-11)17(22)19-2)14-6-5-12(8-18)16-13(14)4-3-7-20-16/h3-7,11,15H,9-10H2,1-2H3,(H,19,22)/t11-,15-/m1/s1. The zero-order valence-corrected chi connectivity index (χ0v) is 13.1. The van der Waals surface area contributed by atoms with Gasteiger partial charge in [-0.2, -0.15) is 5.26 Å². The molecule has 1 aromatic carbocycles. The first-order valence-corrected chi connectivity index (χ1v) is 7.54. The summed E-state index contributed by atoms with van der Waals surface area (Å²) in [7, 11) is 1.61. The van der Waals surface area contributed by atoms with E-state index < -0.39 is 6.10 Å². The topological polar surface area (TPSA) is 78.3 Å². The minimum Gasteiger partial charge on any atom is -0.365 e. The third kappa shape index (κ3) is 2.83. The van der Waals surface area contributed by atoms with Crippen LogP contribution in [0.4, 0.5) is 5.69 Å². The molecule has 1 fully saturated rings. The van der Waals surface area contributed by atoms with Crippen LogP contribution in [0.15, 0.2) is 30.5 Å². The Morgan fingerprint density at radius 2 is 2.26 bits per heavy atom. The van der Waals surface area contributed by atoms with E-state index in [2.05, 4.69) is 21.3 Å². The van der Waals surface area contributed by atoms with E-state index in [1.54, 1.807) is 19.3 Å². The Bertz CT molecular complexity index is 784. The predicted octanol–water partition coefficient (Wildman–Crippen LogP) is 1.45. The highest BCUT2D eigenvalue weighted by molar-refractivity contribution is 5.95. The van der Waals surface area contributed by atoms with Crippen molar-refractivity contribution in [2.45, 2.75) is 19.1 Å². The molecule has 2 aromatic rings. The van der Waals surface area contributed by atoms with Gasteiger partial charge in [0.1, 0.15) is 6.07 Å². The fraction of sp³-hybridized carbons (Fsp3) is 0.353. The van der Waals surface area contributed by atoms with E-state index >= 15 is 0 Å². The summed E-state index contributed by atoms with van der Waals surface area (Å²) in [6, 6.07) is 9.68. The molecule has 118 valence electrons. The SMILES string of the molecule is CNC(=O)[C@H]1CN(c2ccc(C#N)c3ncccc23)C[C@@H](C)O1. The first kappa shape index (κ1) is 15.3. The van der Waals surface area contributed by atoms with E-state index in [4.69, 9.17) is 4.74 Å². The molecule has 3 rings (SSSR count). The molecule has 1 aliphatic heterocycles. The van der Waals surface area contributed by atoms with Crippen LogP contribution in [0.3, 0.4) is 0 Å². The molecule has 0 spiro atoms. The number of rotatable bonds is 2. The van der Waals surface area contributed by atoms with E-state index in [9.17, 15) is 10.1 Å². The minimum absolute atomic E-state index is 0.0617. The lowest BCUT2D eigenvalue weighted by atomic mass is 10.1. The number of likely N-dealkylation sites (N-methyl/N-ethyl adjacent to an activating group) is 1. The molecule has 0 saturated carbocycles. The molecule has 23 heavy (non-hydrogen) atoms. The van der Waals surface area contributed by atoms with Gasteiger partial charge < -0.3 is 15.0 Å². The molecular weight excluding hydrogens is 292 g/mol. The molecule has 1 N–H and O–H groups in total. The number of anilines is 1. The zero-order valence-electron chi connectivity index (χ0n) is 13.1. The molecule has 6 heteroatoms. The highest BCUT2D eigenvalue weighted by Crippen LogP contribution is 2.30. The van der Waals surface area contributed by atoms with Crippen LogP contribution in [0.25, 0.3) is 10.9 Å². The van der Waals surface area contributed by atoms with E-state index in [1.807, 2.05) is 25.1 Å². The fourth-order valence-corrected chi connectivity index (χ4v) is 2.98. The number of hydrogen-bond donors (Lipinski definition) is 1. The van der Waals surface area contributed by atoms with Crippen LogP contribution in [0, 0.1) is 11.3 Å². The average Bonchev–Trinajstić information content (AvgIpc) is 2.59. The molecule has 2 atom stereocenters. The summed E-state index contributed by atoms with van der Waals surface area (Å²) in [6.07, 6.45) is 1.11. The molecule has 0 radical (unpaired) electrons. The van der Waals surface area contributed by atoms with Gasteiger partial charge >= 0.3 is 0 Å². The molecule has 1 amide bonds. The second-order valence-electron chi connectivity index (χ2n) is 5.60. The number of fused-ring (bicyclic) bond motifs is 1. The van der Waals surface area contributed by atoms with Gasteiger partial charge in [0.15, 0.2) is 6.10 Å². The molecular formula is C17H18N4O2. The third-order valence-electron chi connectivity index (χ3n) is 4.01. The smallest absolute Gasteiger partial charge is 0.250 e. The summed E-state index contributed by atoms with van der Waals surface area (Å²) >= 11 is 0. The summed E-state index contributed by atoms with van der Waals surface area (Å²) in [6.45, 7) is 3.11. The quantitative estimate of drug-likeness (QED) is 0.908. The number of amides is 1. The summed E-state index contributed by atoms with van der Waals surface area (Å²) in [4.78, 5) is 18.4. The van der Waals surface area contributed by atoms with Gasteiger partial charge in [-0.25, -0.2) is 0 Å². The maximum Gasteiger partial charge on any atom is 0.250 e. The van der Waals surface area contributed by atoms with Gasteiger partial charge in [-0.15, -0.1) is 0 Å². The maximum atomic E-state index is 11.9. The van der Waals surface area contributed by atoms with Crippen LogP contribution >= 0.6 is 0 Å². The van der Waals surface area contributed by atoms with Crippen molar-refractivity contribution in [1.82, 2.24) is 10.3 Å². The Morgan fingerprint density at radius 1 is 1.43 bits per heavy atom. The maximum absolute atomic E-state index is 11.9. The third-order valence-corrected chi connectivity index (χ3v) is 4.01. The lowest BCUT2D eigenvalue weighted by Crippen LogP contribution is -2.52. The number of ether oxygens (including phenoxy) is 1. The van der Waals surface area contributed by atoms with E-state index in [0.717, 1.165) is 11.1 Å². The van der Waals surface area contributed by atoms with Crippen molar-refractivity contribution in [3.63, 3.8) is 0 Å². The van der Waals surface area contributed by atoms with Crippen molar-refractivity contribution >= 4 is 22.5 Å². The largest absolute Gasteiger partial charge is 0.365 e. The number of carbonyl (C=O) groups is 1. The molecule has 0 unspecified atom stereocenters. The first-order valence-electron chi connectivity index (χ1n) is 7.54. The highest BCUT2D eigenvalue weighted by atomic mass is 16.5. The van der Waals surface area contributed by atoms with Gasteiger partial charge in [0.2, 0.25) is 0 Å². The van der Waals surface area contributed by atoms with Crippen molar-refractivity contribution in [2.24, 2.45) is 0 Å². The number of morpholine rings is 1. The zero-order chi connectivity index (χ0) is 16.4. The van der Waals surface area contributed by atoms with Crippen LogP contribution in [0.2, 0.25) is 0 Å². The van der Waals surface area contributed by atoms with Crippen LogP contribution in [-0.4, -0.2) is 43.2 Å². The predicted molar refractivity (Wildman–Crippen MR) is 87.1 cm³/mol. The number of aromatic nitrogens is 1. The van der Waals surface area contributed by atoms with Crippen LogP contribution in [0.1, 0.15) is 12.5 Å². The van der Waals surface area contributed by atoms with Gasteiger partial charge in [-0.05, 0) is 31.2 Å². The average molecular weight is 310 g/mol. The lowest BCUT2D eigenvalue weighted by molar-refractivity contribution is -0.136. The summed E-state index contributed by atoms with van der Waals surface area (Å²) < 4.78 is 5.73. The van der Waals surface area contributed by atoms with Crippen molar-refractivity contribution in [3.8, 4) is 6.07 Å². The Labute approximate surface area is 134 Å². The molecule has 1 aliphatic rings. The summed E-state index contributed by atoms with van der Waals surface area (Å²) in [5, 5.41) is 12.8. The number of benzene rings is 1. The van der Waals surface area contributed by atoms with E-state index in [0.29, 0.717) is 24.2 Å². The molecule has 2 heterocycles. The van der Waals surface area contributed by atoms with Gasteiger partial charge in [0.25, 0.3) is 5.91 Å². The van der Waals surface area contributed by atoms with Gasteiger partial charge in [0, 0.05) is 30.9 Å². The van der Waals surface area contributed by atoms with Gasteiger partial charge in [-0.3, -0.25) is 9.78 Å². The fourth-order valence-electron chi connectivity index (χ4n) is 2.98.